The molecule has 0 N–H and O–H groups in total. The van der Waals surface area contributed by atoms with Crippen molar-refractivity contribution in [2.24, 2.45) is 5.41 Å². The molecule has 2 aromatic carbocycles. The van der Waals surface area contributed by atoms with Gasteiger partial charge in [0.2, 0.25) is 5.89 Å². The summed E-state index contributed by atoms with van der Waals surface area (Å²) in [7, 11) is 0. The molecule has 0 amide bonds. The Morgan fingerprint density at radius 3 is 2.26 bits per heavy atom. The maximum Gasteiger partial charge on any atom is 0.329 e. The zero-order chi connectivity index (χ0) is 23.3. The van der Waals surface area contributed by atoms with Crippen LogP contribution in [0.15, 0.2) is 57.7 Å². The lowest BCUT2D eigenvalue weighted by atomic mass is 9.78. The molecule has 8 nitrogen and oxygen atoms in total. The van der Waals surface area contributed by atoms with Gasteiger partial charge in [-0.25, -0.2) is 4.79 Å². The molecule has 34 heavy (non-hydrogen) atoms. The van der Waals surface area contributed by atoms with E-state index in [4.69, 9.17) is 9.15 Å². The number of ether oxygens (including phenoxy) is 1. The van der Waals surface area contributed by atoms with E-state index >= 15 is 0 Å². The highest BCUT2D eigenvalue weighted by Gasteiger charge is 2.48. The Balaban J connectivity index is 1.21. The predicted molar refractivity (Wildman–Crippen MR) is 120 cm³/mol. The summed E-state index contributed by atoms with van der Waals surface area (Å²) in [5, 5.41) is 7.04. The SMILES string of the molecule is O=c1n(CCN2CC3(COC3)C2)c2ccccc2n1Cc1ccc(-c2nnc(C(F)F)o2)cc1. The molecule has 0 bridgehead atoms. The van der Waals surface area contributed by atoms with Crippen molar-refractivity contribution in [1.29, 1.82) is 0 Å². The Labute approximate surface area is 193 Å². The van der Waals surface area contributed by atoms with Crippen LogP contribution in [0.4, 0.5) is 8.78 Å². The van der Waals surface area contributed by atoms with E-state index in [0.29, 0.717) is 24.1 Å². The first kappa shape index (κ1) is 21.2. The Morgan fingerprint density at radius 1 is 0.941 bits per heavy atom. The van der Waals surface area contributed by atoms with Gasteiger partial charge in [0.25, 0.3) is 5.89 Å². The summed E-state index contributed by atoms with van der Waals surface area (Å²) in [6, 6.07) is 14.9. The summed E-state index contributed by atoms with van der Waals surface area (Å²) in [5.41, 5.74) is 3.54. The smallest absolute Gasteiger partial charge is 0.329 e. The van der Waals surface area contributed by atoms with Crippen molar-refractivity contribution < 1.29 is 17.9 Å². The quantitative estimate of drug-likeness (QED) is 0.416. The minimum absolute atomic E-state index is 0.0388. The molecule has 2 saturated heterocycles. The van der Waals surface area contributed by atoms with Crippen molar-refractivity contribution in [2.75, 3.05) is 32.8 Å². The number of nitrogens with zero attached hydrogens (tertiary/aromatic N) is 5. The molecule has 2 aliphatic rings. The molecule has 0 aliphatic carbocycles. The second-order valence-corrected chi connectivity index (χ2v) is 9.16. The topological polar surface area (TPSA) is 78.3 Å². The highest BCUT2D eigenvalue weighted by molar-refractivity contribution is 5.76. The van der Waals surface area contributed by atoms with E-state index in [1.165, 1.54) is 0 Å². The molecule has 10 heteroatoms. The van der Waals surface area contributed by atoms with Crippen molar-refractivity contribution in [3.8, 4) is 11.5 Å². The van der Waals surface area contributed by atoms with Crippen LogP contribution in [-0.4, -0.2) is 57.1 Å². The van der Waals surface area contributed by atoms with Gasteiger partial charge in [0.05, 0.1) is 30.8 Å². The molecule has 4 heterocycles. The lowest BCUT2D eigenvalue weighted by Gasteiger charge is -2.55. The van der Waals surface area contributed by atoms with Crippen LogP contribution in [0.1, 0.15) is 17.9 Å². The molecular weight excluding hydrogens is 444 g/mol. The molecule has 0 unspecified atom stereocenters. The normalized spacial score (nSPS) is 17.4. The molecule has 2 fully saturated rings. The number of imidazole rings is 1. The van der Waals surface area contributed by atoms with E-state index in [-0.39, 0.29) is 11.6 Å². The molecule has 0 saturated carbocycles. The first-order valence-electron chi connectivity index (χ1n) is 11.2. The van der Waals surface area contributed by atoms with Crippen LogP contribution in [-0.2, 0) is 17.8 Å². The summed E-state index contributed by atoms with van der Waals surface area (Å²) in [4.78, 5) is 15.7. The van der Waals surface area contributed by atoms with Crippen LogP contribution in [0, 0.1) is 5.41 Å². The van der Waals surface area contributed by atoms with Crippen molar-refractivity contribution in [1.82, 2.24) is 24.2 Å². The van der Waals surface area contributed by atoms with Crippen molar-refractivity contribution in [2.45, 2.75) is 19.5 Å². The predicted octanol–water partition coefficient (Wildman–Crippen LogP) is 3.17. The average Bonchev–Trinajstić information content (AvgIpc) is 3.37. The molecule has 4 aromatic rings. The molecule has 2 aromatic heterocycles. The number of fused-ring (bicyclic) bond motifs is 1. The van der Waals surface area contributed by atoms with Gasteiger partial charge in [0.15, 0.2) is 0 Å². The maximum atomic E-state index is 13.3. The molecule has 6 rings (SSSR count). The van der Waals surface area contributed by atoms with Gasteiger partial charge in [0, 0.05) is 37.2 Å². The lowest BCUT2D eigenvalue weighted by Crippen LogP contribution is -2.66. The Bertz CT molecular complexity index is 1380. The average molecular weight is 467 g/mol. The second-order valence-electron chi connectivity index (χ2n) is 9.16. The van der Waals surface area contributed by atoms with Crippen LogP contribution < -0.4 is 5.69 Å². The minimum Gasteiger partial charge on any atom is -0.415 e. The Morgan fingerprint density at radius 2 is 1.65 bits per heavy atom. The highest BCUT2D eigenvalue weighted by atomic mass is 19.3. The third kappa shape index (κ3) is 3.63. The van der Waals surface area contributed by atoms with Crippen LogP contribution in [0.3, 0.4) is 0 Å². The summed E-state index contributed by atoms with van der Waals surface area (Å²) in [5.74, 6) is -0.662. The number of aromatic nitrogens is 4. The van der Waals surface area contributed by atoms with Gasteiger partial charge in [-0.1, -0.05) is 24.3 Å². The second kappa shape index (κ2) is 8.14. The van der Waals surface area contributed by atoms with Gasteiger partial charge in [-0.2, -0.15) is 8.78 Å². The van der Waals surface area contributed by atoms with Gasteiger partial charge in [-0.05, 0) is 29.8 Å². The number of halogens is 2. The van der Waals surface area contributed by atoms with E-state index < -0.39 is 12.3 Å². The van der Waals surface area contributed by atoms with Gasteiger partial charge in [0.1, 0.15) is 0 Å². The van der Waals surface area contributed by atoms with Crippen molar-refractivity contribution in [3.63, 3.8) is 0 Å². The number of hydrogen-bond acceptors (Lipinski definition) is 6. The van der Waals surface area contributed by atoms with E-state index in [1.807, 2.05) is 41.0 Å². The molecule has 0 radical (unpaired) electrons. The standard InChI is InChI=1S/C24H23F2N5O3/c25-20(26)22-28-27-21(34-22)17-7-5-16(6-8-17)11-31-19-4-2-1-3-18(19)30(23(31)32)10-9-29-12-24(13-29)14-33-15-24/h1-8,20H,9-15H2. The largest absolute Gasteiger partial charge is 0.415 e. The summed E-state index contributed by atoms with van der Waals surface area (Å²) >= 11 is 0. The van der Waals surface area contributed by atoms with Gasteiger partial charge in [-0.3, -0.25) is 9.13 Å². The zero-order valence-corrected chi connectivity index (χ0v) is 18.4. The highest BCUT2D eigenvalue weighted by Crippen LogP contribution is 2.37. The van der Waals surface area contributed by atoms with Gasteiger partial charge < -0.3 is 14.1 Å². The fourth-order valence-corrected chi connectivity index (χ4v) is 4.89. The van der Waals surface area contributed by atoms with E-state index in [2.05, 4.69) is 15.1 Å². The Kier molecular flexibility index (Phi) is 5.07. The Hall–Kier alpha value is -3.37. The zero-order valence-electron chi connectivity index (χ0n) is 18.4. The number of benzene rings is 2. The number of hydrogen-bond donors (Lipinski definition) is 0. The number of alkyl halides is 2. The summed E-state index contributed by atoms with van der Waals surface area (Å²) < 4.78 is 39.4. The van der Waals surface area contributed by atoms with Crippen LogP contribution in [0.5, 0.6) is 0 Å². The summed E-state index contributed by atoms with van der Waals surface area (Å²) in [6.07, 6.45) is -2.81. The molecule has 1 spiro atoms. The lowest BCUT2D eigenvalue weighted by molar-refractivity contribution is -0.189. The van der Waals surface area contributed by atoms with E-state index in [9.17, 15) is 13.6 Å². The van der Waals surface area contributed by atoms with E-state index in [1.54, 1.807) is 16.7 Å². The van der Waals surface area contributed by atoms with Crippen LogP contribution in [0.2, 0.25) is 0 Å². The molecule has 176 valence electrons. The number of para-hydroxylation sites is 2. The minimum atomic E-state index is -2.81. The fraction of sp³-hybridized carbons (Fsp3) is 0.375. The number of rotatable bonds is 7. The van der Waals surface area contributed by atoms with Crippen molar-refractivity contribution in [3.05, 3.63) is 70.5 Å². The first-order valence-corrected chi connectivity index (χ1v) is 11.2. The third-order valence-corrected chi connectivity index (χ3v) is 6.67. The van der Waals surface area contributed by atoms with Crippen molar-refractivity contribution >= 4 is 11.0 Å². The monoisotopic (exact) mass is 467 g/mol. The molecule has 2 aliphatic heterocycles. The fourth-order valence-electron chi connectivity index (χ4n) is 4.89. The first-order chi connectivity index (χ1) is 16.5. The van der Waals surface area contributed by atoms with Crippen LogP contribution in [0.25, 0.3) is 22.5 Å². The van der Waals surface area contributed by atoms with Gasteiger partial charge in [-0.15, -0.1) is 10.2 Å². The molecule has 0 atom stereocenters. The van der Waals surface area contributed by atoms with Gasteiger partial charge >= 0.3 is 12.1 Å². The maximum absolute atomic E-state index is 13.3. The third-order valence-electron chi connectivity index (χ3n) is 6.67. The van der Waals surface area contributed by atoms with E-state index in [0.717, 1.165) is 49.4 Å². The molecular formula is C24H23F2N5O3. The number of likely N-dealkylation sites (tertiary alicyclic amines) is 1. The summed E-state index contributed by atoms with van der Waals surface area (Å²) in [6.45, 7) is 5.62. The van der Waals surface area contributed by atoms with Crippen LogP contribution >= 0.6 is 0 Å².